The van der Waals surface area contributed by atoms with Crippen LogP contribution in [0.2, 0.25) is 0 Å². The second kappa shape index (κ2) is 12.9. The molecular formula is C36H45N3O6. The summed E-state index contributed by atoms with van der Waals surface area (Å²) in [5, 5.41) is 5.08. The van der Waals surface area contributed by atoms with Crippen LogP contribution >= 0.6 is 0 Å². The predicted octanol–water partition coefficient (Wildman–Crippen LogP) is 4.58. The average molecular weight is 616 g/mol. The molecule has 1 saturated carbocycles. The van der Waals surface area contributed by atoms with Gasteiger partial charge in [-0.15, -0.1) is 0 Å². The molecule has 9 nitrogen and oxygen atoms in total. The zero-order valence-corrected chi connectivity index (χ0v) is 26.6. The summed E-state index contributed by atoms with van der Waals surface area (Å²) in [7, 11) is 1.39. The summed E-state index contributed by atoms with van der Waals surface area (Å²) in [5.74, 6) is -1.05. The first-order valence-electron chi connectivity index (χ1n) is 16.5. The van der Waals surface area contributed by atoms with E-state index >= 15 is 0 Å². The first kappa shape index (κ1) is 31.3. The first-order valence-corrected chi connectivity index (χ1v) is 16.5. The van der Waals surface area contributed by atoms with Crippen LogP contribution in [0.1, 0.15) is 64.4 Å². The molecule has 3 heterocycles. The number of carbonyl (C=O) groups is 4. The number of nitrogens with one attached hydrogen (secondary N) is 1. The highest BCUT2D eigenvalue weighted by molar-refractivity contribution is 5.93. The van der Waals surface area contributed by atoms with Crippen LogP contribution in [0.3, 0.4) is 0 Å². The van der Waals surface area contributed by atoms with E-state index in [9.17, 15) is 19.2 Å². The number of hydrogen-bond acceptors (Lipinski definition) is 6. The second-order valence-electron chi connectivity index (χ2n) is 13.5. The Kier molecular flexibility index (Phi) is 9.00. The van der Waals surface area contributed by atoms with Gasteiger partial charge in [0, 0.05) is 44.1 Å². The number of ether oxygens (including phenoxy) is 2. The molecule has 4 atom stereocenters. The van der Waals surface area contributed by atoms with Crippen molar-refractivity contribution in [1.29, 1.82) is 0 Å². The molecule has 2 aromatic carbocycles. The molecule has 0 spiro atoms. The molecule has 0 unspecified atom stereocenters. The number of rotatable bonds is 11. The highest BCUT2D eigenvalue weighted by Crippen LogP contribution is 2.56. The van der Waals surface area contributed by atoms with E-state index in [0.717, 1.165) is 42.1 Å². The van der Waals surface area contributed by atoms with Gasteiger partial charge in [0.25, 0.3) is 0 Å². The van der Waals surface area contributed by atoms with Crippen LogP contribution in [0.4, 0.5) is 0 Å². The van der Waals surface area contributed by atoms with Crippen molar-refractivity contribution in [3.8, 4) is 0 Å². The van der Waals surface area contributed by atoms with Crippen molar-refractivity contribution in [2.75, 3.05) is 26.7 Å². The van der Waals surface area contributed by atoms with E-state index < -0.39 is 23.4 Å². The van der Waals surface area contributed by atoms with Crippen LogP contribution in [-0.2, 0) is 35.2 Å². The first-order chi connectivity index (χ1) is 21.7. The van der Waals surface area contributed by atoms with Gasteiger partial charge in [-0.3, -0.25) is 19.2 Å². The maximum Gasteiger partial charge on any atom is 0.320 e. The Bertz CT molecular complexity index is 1490. The van der Waals surface area contributed by atoms with E-state index in [1.54, 1.807) is 4.90 Å². The molecule has 0 radical (unpaired) electrons. The molecule has 3 aliphatic heterocycles. The molecule has 45 heavy (non-hydrogen) atoms. The fraction of sp³-hybridized carbons (Fsp3) is 0.556. The van der Waals surface area contributed by atoms with Gasteiger partial charge < -0.3 is 24.6 Å². The summed E-state index contributed by atoms with van der Waals surface area (Å²) < 4.78 is 12.2. The topological polar surface area (TPSA) is 105 Å². The van der Waals surface area contributed by atoms with Crippen LogP contribution in [0.5, 0.6) is 0 Å². The highest BCUT2D eigenvalue weighted by atomic mass is 16.5. The molecule has 0 aromatic heterocycles. The van der Waals surface area contributed by atoms with Crippen LogP contribution in [0.25, 0.3) is 10.8 Å². The Morgan fingerprint density at radius 2 is 1.89 bits per heavy atom. The van der Waals surface area contributed by atoms with Crippen molar-refractivity contribution in [3.05, 3.63) is 59.8 Å². The van der Waals surface area contributed by atoms with E-state index in [0.29, 0.717) is 31.6 Å². The molecule has 9 heteroatoms. The highest BCUT2D eigenvalue weighted by Gasteiger charge is 2.63. The monoisotopic (exact) mass is 615 g/mol. The summed E-state index contributed by atoms with van der Waals surface area (Å²) in [6, 6.07) is 14.1. The molecule has 1 aliphatic carbocycles. The second-order valence-corrected chi connectivity index (χ2v) is 13.5. The minimum absolute atomic E-state index is 0.0372. The van der Waals surface area contributed by atoms with Crippen LogP contribution in [0.15, 0.2) is 54.2 Å². The van der Waals surface area contributed by atoms with Crippen molar-refractivity contribution in [3.63, 3.8) is 0 Å². The number of methoxy groups -OCH3 is 1. The van der Waals surface area contributed by atoms with E-state index in [4.69, 9.17) is 9.47 Å². The quantitative estimate of drug-likeness (QED) is 0.293. The molecule has 2 saturated heterocycles. The van der Waals surface area contributed by atoms with Crippen molar-refractivity contribution in [2.45, 2.75) is 77.5 Å². The summed E-state index contributed by atoms with van der Waals surface area (Å²) in [6.45, 7) is 6.24. The molecule has 4 aliphatic rings. The van der Waals surface area contributed by atoms with E-state index in [2.05, 4.69) is 25.2 Å². The lowest BCUT2D eigenvalue weighted by Crippen LogP contribution is -2.61. The van der Waals surface area contributed by atoms with Crippen molar-refractivity contribution in [1.82, 2.24) is 15.1 Å². The third kappa shape index (κ3) is 6.11. The summed E-state index contributed by atoms with van der Waals surface area (Å²) in [4.78, 5) is 57.4. The van der Waals surface area contributed by atoms with Gasteiger partial charge in [0.2, 0.25) is 17.7 Å². The maximum absolute atomic E-state index is 14.5. The largest absolute Gasteiger partial charge is 0.468 e. The lowest BCUT2D eigenvalue weighted by atomic mass is 9.64. The fourth-order valence-electron chi connectivity index (χ4n) is 7.55. The van der Waals surface area contributed by atoms with Crippen molar-refractivity contribution < 1.29 is 28.7 Å². The third-order valence-electron chi connectivity index (χ3n) is 10.0. The molecular weight excluding hydrogens is 570 g/mol. The van der Waals surface area contributed by atoms with Gasteiger partial charge in [0.05, 0.1) is 25.9 Å². The van der Waals surface area contributed by atoms with Crippen LogP contribution < -0.4 is 5.32 Å². The third-order valence-corrected chi connectivity index (χ3v) is 10.0. The smallest absolute Gasteiger partial charge is 0.320 e. The molecule has 3 amide bonds. The van der Waals surface area contributed by atoms with Gasteiger partial charge in [-0.25, -0.2) is 0 Å². The Balaban J connectivity index is 1.32. The van der Waals surface area contributed by atoms with E-state index in [1.165, 1.54) is 7.11 Å². The van der Waals surface area contributed by atoms with E-state index in [1.807, 2.05) is 47.4 Å². The minimum atomic E-state index is -1.19. The number of benzene rings is 2. The van der Waals surface area contributed by atoms with Gasteiger partial charge in [-0.2, -0.15) is 0 Å². The Morgan fingerprint density at radius 3 is 2.60 bits per heavy atom. The lowest BCUT2D eigenvalue weighted by Gasteiger charge is -2.53. The van der Waals surface area contributed by atoms with Crippen LogP contribution in [0, 0.1) is 23.2 Å². The zero-order valence-electron chi connectivity index (χ0n) is 26.6. The fourth-order valence-corrected chi connectivity index (χ4v) is 7.55. The number of piperidine rings is 1. The van der Waals surface area contributed by atoms with Gasteiger partial charge in [-0.1, -0.05) is 56.3 Å². The normalized spacial score (nSPS) is 26.7. The van der Waals surface area contributed by atoms with Gasteiger partial charge in [0.15, 0.2) is 0 Å². The van der Waals surface area contributed by atoms with Gasteiger partial charge in [-0.05, 0) is 66.4 Å². The molecule has 1 N–H and O–H groups in total. The number of amides is 3. The minimum Gasteiger partial charge on any atom is -0.468 e. The molecule has 2 aromatic rings. The van der Waals surface area contributed by atoms with Gasteiger partial charge in [0.1, 0.15) is 5.41 Å². The summed E-state index contributed by atoms with van der Waals surface area (Å²) >= 11 is 0. The zero-order chi connectivity index (χ0) is 31.7. The van der Waals surface area contributed by atoms with E-state index in [-0.39, 0.29) is 55.0 Å². The van der Waals surface area contributed by atoms with Crippen molar-refractivity contribution >= 4 is 34.5 Å². The maximum atomic E-state index is 14.5. The SMILES string of the molecule is COC(=O)[C@]12C[C@H](CC(=O)NCCCN3CCCC3=O)C(=O)N(Cc3cccc4ccccc34)C1=C[C@H](C(C)C)O[C@@H]2C1CC1. The summed E-state index contributed by atoms with van der Waals surface area (Å²) in [6.07, 6.45) is 5.42. The summed E-state index contributed by atoms with van der Waals surface area (Å²) in [5.41, 5.74) is 0.431. The number of fused-ring (bicyclic) bond motifs is 2. The van der Waals surface area contributed by atoms with Crippen LogP contribution in [-0.4, -0.2) is 72.4 Å². The Morgan fingerprint density at radius 1 is 1.11 bits per heavy atom. The lowest BCUT2D eigenvalue weighted by molar-refractivity contribution is -0.182. The number of carbonyl (C=O) groups excluding carboxylic acids is 4. The molecule has 0 bridgehead atoms. The molecule has 3 fully saturated rings. The number of esters is 1. The Labute approximate surface area is 265 Å². The number of likely N-dealkylation sites (tertiary alicyclic amines) is 2. The average Bonchev–Trinajstić information content (AvgIpc) is 3.80. The number of hydrogen-bond donors (Lipinski definition) is 1. The van der Waals surface area contributed by atoms with Gasteiger partial charge >= 0.3 is 5.97 Å². The molecule has 240 valence electrons. The van der Waals surface area contributed by atoms with Crippen molar-refractivity contribution in [2.24, 2.45) is 23.2 Å². The Hall–Kier alpha value is -3.72. The number of nitrogens with zero attached hydrogens (tertiary/aromatic N) is 2. The molecule has 6 rings (SSSR count). The predicted molar refractivity (Wildman–Crippen MR) is 169 cm³/mol. The standard InChI is InChI=1S/C36H45N3O6/c1-23(2)29-20-30-36(35(43)44-3,33(45-29)25-14-15-25)21-27(19-31(40)37-16-8-18-38-17-7-13-32(38)41)34(42)39(30)22-26-11-6-10-24-9-4-5-12-28(24)26/h4-6,9-12,20,23,25,27,29,33H,7-8,13-19,21-22H2,1-3H3,(H,37,40)/t27-,29+,33+,36+/m0/s1.